The van der Waals surface area contributed by atoms with E-state index in [-0.39, 0.29) is 0 Å². The van der Waals surface area contributed by atoms with Gasteiger partial charge in [-0.2, -0.15) is 12.6 Å². The molecule has 84 valence electrons. The topological polar surface area (TPSA) is 79.4 Å². The second-order valence-corrected chi connectivity index (χ2v) is 3.91. The molecule has 0 bridgehead atoms. The number of rotatable bonds is 4. The fraction of sp³-hybridized carbons (Fsp3) is 0.500. The van der Waals surface area contributed by atoms with Crippen molar-refractivity contribution in [2.45, 2.75) is 25.6 Å². The van der Waals surface area contributed by atoms with Gasteiger partial charge in [-0.25, -0.2) is 0 Å². The predicted octanol–water partition coefficient (Wildman–Crippen LogP) is 0.686. The molecule has 15 heavy (non-hydrogen) atoms. The van der Waals surface area contributed by atoms with Gasteiger partial charge in [0.25, 0.3) is 0 Å². The van der Waals surface area contributed by atoms with Gasteiger partial charge in [-0.05, 0) is 25.2 Å². The summed E-state index contributed by atoms with van der Waals surface area (Å²) in [4.78, 5) is 4.03. The molecule has 4 N–H and O–H groups in total. The number of hydrogen-bond acceptors (Lipinski definition) is 5. The van der Waals surface area contributed by atoms with Gasteiger partial charge in [-0.3, -0.25) is 4.98 Å². The van der Waals surface area contributed by atoms with Crippen LogP contribution in [0.4, 0.5) is 5.69 Å². The smallest absolute Gasteiger partial charge is 0.107 e. The molecule has 0 spiro atoms. The molecule has 0 aliphatic heterocycles. The van der Waals surface area contributed by atoms with Gasteiger partial charge in [0.15, 0.2) is 0 Å². The van der Waals surface area contributed by atoms with Crippen molar-refractivity contribution >= 4 is 18.3 Å². The molecule has 4 nitrogen and oxygen atoms in total. The van der Waals surface area contributed by atoms with Crippen LogP contribution < -0.4 is 5.73 Å². The highest BCUT2D eigenvalue weighted by atomic mass is 32.1. The van der Waals surface area contributed by atoms with E-state index < -0.39 is 12.2 Å². The van der Waals surface area contributed by atoms with E-state index in [1.807, 2.05) is 0 Å². The number of thiol groups is 1. The Morgan fingerprint density at radius 3 is 2.80 bits per heavy atom. The molecule has 0 fully saturated rings. The molecule has 5 heteroatoms. The zero-order valence-corrected chi connectivity index (χ0v) is 9.48. The molecule has 0 aromatic carbocycles. The minimum absolute atomic E-state index is 0.429. The van der Waals surface area contributed by atoms with Gasteiger partial charge >= 0.3 is 0 Å². The maximum atomic E-state index is 9.85. The molecule has 2 atom stereocenters. The van der Waals surface area contributed by atoms with Gasteiger partial charge < -0.3 is 15.9 Å². The lowest BCUT2D eigenvalue weighted by molar-refractivity contribution is 0.0167. The zero-order valence-electron chi connectivity index (χ0n) is 8.59. The van der Waals surface area contributed by atoms with E-state index in [0.29, 0.717) is 29.1 Å². The summed E-state index contributed by atoms with van der Waals surface area (Å²) in [6, 6.07) is 1.63. The maximum Gasteiger partial charge on any atom is 0.107 e. The van der Waals surface area contributed by atoms with Gasteiger partial charge in [-0.15, -0.1) is 0 Å². The van der Waals surface area contributed by atoms with Crippen molar-refractivity contribution < 1.29 is 10.2 Å². The monoisotopic (exact) mass is 228 g/mol. The van der Waals surface area contributed by atoms with E-state index in [9.17, 15) is 10.2 Å². The zero-order chi connectivity index (χ0) is 11.4. The second kappa shape index (κ2) is 5.34. The molecule has 1 heterocycles. The molecule has 0 radical (unpaired) electrons. The Bertz CT molecular complexity index is 333. The summed E-state index contributed by atoms with van der Waals surface area (Å²) in [7, 11) is 0. The van der Waals surface area contributed by atoms with E-state index in [0.717, 1.165) is 0 Å². The van der Waals surface area contributed by atoms with Crippen molar-refractivity contribution in [1.29, 1.82) is 0 Å². The minimum atomic E-state index is -0.951. The van der Waals surface area contributed by atoms with Crippen LogP contribution >= 0.6 is 12.6 Å². The van der Waals surface area contributed by atoms with Gasteiger partial charge in [0.1, 0.15) is 6.10 Å². The highest BCUT2D eigenvalue weighted by molar-refractivity contribution is 7.80. The van der Waals surface area contributed by atoms with Crippen LogP contribution in [0.2, 0.25) is 0 Å². The van der Waals surface area contributed by atoms with Crippen LogP contribution in [0.1, 0.15) is 23.8 Å². The van der Waals surface area contributed by atoms with Crippen molar-refractivity contribution in [3.8, 4) is 0 Å². The third-order valence-corrected chi connectivity index (χ3v) is 2.51. The fourth-order valence-corrected chi connectivity index (χ4v) is 1.63. The largest absolute Gasteiger partial charge is 0.397 e. The molecule has 0 saturated heterocycles. The summed E-state index contributed by atoms with van der Waals surface area (Å²) in [5, 5.41) is 19.5. The van der Waals surface area contributed by atoms with Crippen LogP contribution in [0.5, 0.6) is 0 Å². The fourth-order valence-electron chi connectivity index (χ4n) is 1.36. The second-order valence-electron chi connectivity index (χ2n) is 3.47. The van der Waals surface area contributed by atoms with Crippen LogP contribution in [-0.2, 0) is 0 Å². The SMILES string of the molecule is Cc1ncc(N)cc1C(O)C(O)CCS. The normalized spacial score (nSPS) is 14.9. The van der Waals surface area contributed by atoms with E-state index in [1.165, 1.54) is 6.20 Å². The summed E-state index contributed by atoms with van der Waals surface area (Å²) in [6.07, 6.45) is 0.174. The lowest BCUT2D eigenvalue weighted by atomic mass is 10.0. The van der Waals surface area contributed by atoms with Crippen molar-refractivity contribution in [1.82, 2.24) is 4.98 Å². The van der Waals surface area contributed by atoms with E-state index in [4.69, 9.17) is 5.73 Å². The Hall–Kier alpha value is -0.780. The van der Waals surface area contributed by atoms with Crippen LogP contribution in [0.15, 0.2) is 12.3 Å². The average Bonchev–Trinajstić information content (AvgIpc) is 2.21. The first-order valence-electron chi connectivity index (χ1n) is 4.75. The number of pyridine rings is 1. The average molecular weight is 228 g/mol. The van der Waals surface area contributed by atoms with Crippen molar-refractivity contribution in [3.63, 3.8) is 0 Å². The Kier molecular flexibility index (Phi) is 4.38. The lowest BCUT2D eigenvalue weighted by Crippen LogP contribution is -2.20. The molecule has 1 aromatic heterocycles. The number of hydrogen-bond donors (Lipinski definition) is 4. The third kappa shape index (κ3) is 3.09. The summed E-state index contributed by atoms with van der Waals surface area (Å²) in [6.45, 7) is 1.77. The van der Waals surface area contributed by atoms with E-state index >= 15 is 0 Å². The number of nitrogens with two attached hydrogens (primary N) is 1. The number of nitrogen functional groups attached to an aromatic ring is 1. The summed E-state index contributed by atoms with van der Waals surface area (Å²) < 4.78 is 0. The number of aromatic nitrogens is 1. The van der Waals surface area contributed by atoms with Gasteiger partial charge in [0.05, 0.1) is 18.0 Å². The Morgan fingerprint density at radius 2 is 2.20 bits per heavy atom. The van der Waals surface area contributed by atoms with E-state index in [2.05, 4.69) is 17.6 Å². The molecule has 0 aliphatic carbocycles. The van der Waals surface area contributed by atoms with Gasteiger partial charge in [0, 0.05) is 11.3 Å². The minimum Gasteiger partial charge on any atom is -0.397 e. The van der Waals surface area contributed by atoms with Crippen LogP contribution in [0.25, 0.3) is 0 Å². The first kappa shape index (κ1) is 12.3. The summed E-state index contributed by atoms with van der Waals surface area (Å²) in [5.41, 5.74) is 7.30. The molecular weight excluding hydrogens is 212 g/mol. The van der Waals surface area contributed by atoms with Gasteiger partial charge in [-0.1, -0.05) is 0 Å². The lowest BCUT2D eigenvalue weighted by Gasteiger charge is -2.18. The molecule has 1 aromatic rings. The van der Waals surface area contributed by atoms with Crippen molar-refractivity contribution in [2.24, 2.45) is 0 Å². The molecule has 0 aliphatic rings. The molecule has 0 saturated carbocycles. The molecule has 2 unspecified atom stereocenters. The Morgan fingerprint density at radius 1 is 1.53 bits per heavy atom. The first-order chi connectivity index (χ1) is 7.06. The number of nitrogens with zero attached hydrogens (tertiary/aromatic N) is 1. The maximum absolute atomic E-state index is 9.85. The quantitative estimate of drug-likeness (QED) is 0.572. The van der Waals surface area contributed by atoms with Crippen molar-refractivity contribution in [2.75, 3.05) is 11.5 Å². The highest BCUT2D eigenvalue weighted by Gasteiger charge is 2.20. The third-order valence-electron chi connectivity index (χ3n) is 2.26. The predicted molar refractivity (Wildman–Crippen MR) is 62.8 cm³/mol. The molecule has 1 rings (SSSR count). The molecule has 0 amide bonds. The van der Waals surface area contributed by atoms with Gasteiger partial charge in [0.2, 0.25) is 0 Å². The first-order valence-corrected chi connectivity index (χ1v) is 5.38. The standard InChI is InChI=1S/C10H16N2O2S/c1-6-8(4-7(11)5-12-6)10(14)9(13)2-3-15/h4-5,9-10,13-15H,2-3,11H2,1H3. The Labute approximate surface area is 94.6 Å². The van der Waals surface area contributed by atoms with Crippen molar-refractivity contribution in [3.05, 3.63) is 23.5 Å². The summed E-state index contributed by atoms with van der Waals surface area (Å²) in [5.74, 6) is 0.521. The van der Waals surface area contributed by atoms with Crippen LogP contribution in [0.3, 0.4) is 0 Å². The number of aryl methyl sites for hydroxylation is 1. The summed E-state index contributed by atoms with van der Waals surface area (Å²) >= 11 is 4.00. The highest BCUT2D eigenvalue weighted by Crippen LogP contribution is 2.23. The number of aliphatic hydroxyl groups is 2. The van der Waals surface area contributed by atoms with Crippen LogP contribution in [0, 0.1) is 6.92 Å². The number of anilines is 1. The van der Waals surface area contributed by atoms with E-state index in [1.54, 1.807) is 13.0 Å². The Balaban J connectivity index is 2.89. The number of aliphatic hydroxyl groups excluding tert-OH is 2. The van der Waals surface area contributed by atoms with Crippen LogP contribution in [-0.4, -0.2) is 27.1 Å². The molecular formula is C10H16N2O2S.